The van der Waals surface area contributed by atoms with Gasteiger partial charge in [0.1, 0.15) is 0 Å². The summed E-state index contributed by atoms with van der Waals surface area (Å²) in [6.45, 7) is 5.13. The summed E-state index contributed by atoms with van der Waals surface area (Å²) >= 11 is 0. The number of amides is 1. The van der Waals surface area contributed by atoms with Crippen LogP contribution in [0.5, 0.6) is 0 Å². The van der Waals surface area contributed by atoms with E-state index < -0.39 is 0 Å². The van der Waals surface area contributed by atoms with E-state index in [1.165, 1.54) is 32.1 Å². The van der Waals surface area contributed by atoms with Crippen LogP contribution in [-0.4, -0.2) is 42.5 Å². The molecule has 1 saturated carbocycles. The topological polar surface area (TPSA) is 58.4 Å². The standard InChI is InChI=1S/C16H29N3O/c1-2-11-5-6-12(9-17)14(8-11)19-7-3-4-13-15(19)10-18-16(13)20/h11-15H,2-10,17H2,1H3,(H,18,20). The van der Waals surface area contributed by atoms with E-state index >= 15 is 0 Å². The number of nitrogens with zero attached hydrogens (tertiary/aromatic N) is 1. The van der Waals surface area contributed by atoms with E-state index in [0.29, 0.717) is 18.0 Å². The molecule has 1 amide bonds. The molecular weight excluding hydrogens is 250 g/mol. The normalized spacial score (nSPS) is 42.3. The third-order valence-corrected chi connectivity index (χ3v) is 6.01. The van der Waals surface area contributed by atoms with E-state index in [2.05, 4.69) is 17.1 Å². The van der Waals surface area contributed by atoms with Gasteiger partial charge in [0.25, 0.3) is 0 Å². The SMILES string of the molecule is CCC1CCC(CN)C(N2CCCC3C(=O)NCC32)C1. The molecule has 0 aromatic heterocycles. The van der Waals surface area contributed by atoms with Crippen molar-refractivity contribution in [3.8, 4) is 0 Å². The van der Waals surface area contributed by atoms with Crippen molar-refractivity contribution in [3.05, 3.63) is 0 Å². The fourth-order valence-electron chi connectivity index (χ4n) is 4.74. The zero-order valence-corrected chi connectivity index (χ0v) is 12.7. The van der Waals surface area contributed by atoms with Crippen molar-refractivity contribution in [3.63, 3.8) is 0 Å². The second-order valence-electron chi connectivity index (χ2n) is 6.95. The molecule has 20 heavy (non-hydrogen) atoms. The number of nitrogens with one attached hydrogen (secondary N) is 1. The quantitative estimate of drug-likeness (QED) is 0.820. The maximum absolute atomic E-state index is 11.9. The first-order valence-electron chi connectivity index (χ1n) is 8.48. The average Bonchev–Trinajstić information content (AvgIpc) is 2.88. The number of rotatable bonds is 3. The van der Waals surface area contributed by atoms with Gasteiger partial charge in [-0.2, -0.15) is 0 Å². The van der Waals surface area contributed by atoms with Crippen molar-refractivity contribution in [2.75, 3.05) is 19.6 Å². The number of piperidine rings is 1. The number of hydrogen-bond acceptors (Lipinski definition) is 3. The van der Waals surface area contributed by atoms with Crippen molar-refractivity contribution in [2.45, 2.75) is 57.5 Å². The van der Waals surface area contributed by atoms with Crippen LogP contribution in [-0.2, 0) is 4.79 Å². The van der Waals surface area contributed by atoms with E-state index in [4.69, 9.17) is 5.73 Å². The number of carbonyl (C=O) groups is 1. The van der Waals surface area contributed by atoms with E-state index in [1.807, 2.05) is 0 Å². The summed E-state index contributed by atoms with van der Waals surface area (Å²) in [6.07, 6.45) is 7.43. The Morgan fingerprint density at radius 3 is 2.90 bits per heavy atom. The van der Waals surface area contributed by atoms with Gasteiger partial charge in [-0.3, -0.25) is 9.69 Å². The van der Waals surface area contributed by atoms with Crippen LogP contribution < -0.4 is 11.1 Å². The van der Waals surface area contributed by atoms with E-state index in [0.717, 1.165) is 32.0 Å². The summed E-state index contributed by atoms with van der Waals surface area (Å²) in [7, 11) is 0. The lowest BCUT2D eigenvalue weighted by Gasteiger charge is -2.47. The molecule has 3 fully saturated rings. The van der Waals surface area contributed by atoms with E-state index in [-0.39, 0.29) is 11.8 Å². The van der Waals surface area contributed by atoms with Crippen LogP contribution in [0.2, 0.25) is 0 Å². The van der Waals surface area contributed by atoms with Gasteiger partial charge in [-0.05, 0) is 50.6 Å². The predicted octanol–water partition coefficient (Wildman–Crippen LogP) is 1.35. The summed E-state index contributed by atoms with van der Waals surface area (Å²) in [5.41, 5.74) is 6.04. The van der Waals surface area contributed by atoms with Crippen molar-refractivity contribution < 1.29 is 4.79 Å². The highest BCUT2D eigenvalue weighted by Crippen LogP contribution is 2.38. The maximum Gasteiger partial charge on any atom is 0.224 e. The summed E-state index contributed by atoms with van der Waals surface area (Å²) in [5.74, 6) is 2.01. The first-order chi connectivity index (χ1) is 9.74. The summed E-state index contributed by atoms with van der Waals surface area (Å²) in [6, 6.07) is 1.05. The molecule has 1 aliphatic carbocycles. The third kappa shape index (κ3) is 2.48. The first-order valence-corrected chi connectivity index (χ1v) is 8.48. The molecular formula is C16H29N3O. The molecule has 2 heterocycles. The molecule has 0 aromatic carbocycles. The van der Waals surface area contributed by atoms with Crippen LogP contribution in [0, 0.1) is 17.8 Å². The molecule has 5 atom stereocenters. The van der Waals surface area contributed by atoms with Gasteiger partial charge in [-0.1, -0.05) is 19.8 Å². The predicted molar refractivity (Wildman–Crippen MR) is 80.2 cm³/mol. The Morgan fingerprint density at radius 1 is 1.30 bits per heavy atom. The van der Waals surface area contributed by atoms with Gasteiger partial charge in [0, 0.05) is 18.6 Å². The summed E-state index contributed by atoms with van der Waals surface area (Å²) < 4.78 is 0. The molecule has 114 valence electrons. The average molecular weight is 279 g/mol. The Bertz CT molecular complexity index is 360. The summed E-state index contributed by atoms with van der Waals surface area (Å²) in [4.78, 5) is 14.6. The van der Waals surface area contributed by atoms with Gasteiger partial charge in [0.05, 0.1) is 5.92 Å². The second-order valence-corrected chi connectivity index (χ2v) is 6.95. The Morgan fingerprint density at radius 2 is 2.15 bits per heavy atom. The minimum absolute atomic E-state index is 0.240. The second kappa shape index (κ2) is 6.02. The zero-order valence-electron chi connectivity index (χ0n) is 12.7. The van der Waals surface area contributed by atoms with E-state index in [9.17, 15) is 4.79 Å². The lowest BCUT2D eigenvalue weighted by Crippen LogP contribution is -2.55. The Hall–Kier alpha value is -0.610. The van der Waals surface area contributed by atoms with Crippen LogP contribution in [0.4, 0.5) is 0 Å². The molecule has 0 radical (unpaired) electrons. The Kier molecular flexibility index (Phi) is 4.32. The fourth-order valence-corrected chi connectivity index (χ4v) is 4.74. The molecule has 3 N–H and O–H groups in total. The highest BCUT2D eigenvalue weighted by atomic mass is 16.2. The highest BCUT2D eigenvalue weighted by molar-refractivity contribution is 5.82. The van der Waals surface area contributed by atoms with E-state index in [1.54, 1.807) is 0 Å². The van der Waals surface area contributed by atoms with Crippen molar-refractivity contribution >= 4 is 5.91 Å². The molecule has 0 aromatic rings. The van der Waals surface area contributed by atoms with Crippen LogP contribution in [0.1, 0.15) is 45.4 Å². The Labute approximate surface area is 122 Å². The summed E-state index contributed by atoms with van der Waals surface area (Å²) in [5, 5.41) is 3.08. The minimum Gasteiger partial charge on any atom is -0.354 e. The molecule has 5 unspecified atom stereocenters. The number of nitrogens with two attached hydrogens (primary N) is 1. The number of likely N-dealkylation sites (tertiary alicyclic amines) is 1. The largest absolute Gasteiger partial charge is 0.354 e. The van der Waals surface area contributed by atoms with Gasteiger partial charge in [-0.25, -0.2) is 0 Å². The molecule has 4 nitrogen and oxygen atoms in total. The van der Waals surface area contributed by atoms with Gasteiger partial charge >= 0.3 is 0 Å². The monoisotopic (exact) mass is 279 g/mol. The number of carbonyl (C=O) groups excluding carboxylic acids is 1. The smallest absolute Gasteiger partial charge is 0.224 e. The molecule has 4 heteroatoms. The minimum atomic E-state index is 0.240. The molecule has 3 aliphatic rings. The zero-order chi connectivity index (χ0) is 14.1. The van der Waals surface area contributed by atoms with Crippen LogP contribution in [0.15, 0.2) is 0 Å². The maximum atomic E-state index is 11.9. The fraction of sp³-hybridized carbons (Fsp3) is 0.938. The number of hydrogen-bond donors (Lipinski definition) is 2. The van der Waals surface area contributed by atoms with Gasteiger partial charge in [-0.15, -0.1) is 0 Å². The van der Waals surface area contributed by atoms with Crippen LogP contribution >= 0.6 is 0 Å². The lowest BCUT2D eigenvalue weighted by atomic mass is 9.75. The molecule has 2 aliphatic heterocycles. The van der Waals surface area contributed by atoms with Crippen molar-refractivity contribution in [1.82, 2.24) is 10.2 Å². The van der Waals surface area contributed by atoms with Crippen LogP contribution in [0.25, 0.3) is 0 Å². The lowest BCUT2D eigenvalue weighted by molar-refractivity contribution is -0.124. The van der Waals surface area contributed by atoms with Crippen molar-refractivity contribution in [1.29, 1.82) is 0 Å². The van der Waals surface area contributed by atoms with Gasteiger partial charge in [0.2, 0.25) is 5.91 Å². The highest BCUT2D eigenvalue weighted by Gasteiger charge is 2.45. The third-order valence-electron chi connectivity index (χ3n) is 6.01. The van der Waals surface area contributed by atoms with Crippen molar-refractivity contribution in [2.24, 2.45) is 23.5 Å². The van der Waals surface area contributed by atoms with Gasteiger partial charge in [0.15, 0.2) is 0 Å². The first kappa shape index (κ1) is 14.3. The van der Waals surface area contributed by atoms with Gasteiger partial charge < -0.3 is 11.1 Å². The number of fused-ring (bicyclic) bond motifs is 1. The van der Waals surface area contributed by atoms with Crippen LogP contribution in [0.3, 0.4) is 0 Å². The molecule has 3 rings (SSSR count). The molecule has 0 spiro atoms. The molecule has 0 bridgehead atoms. The Balaban J connectivity index is 1.76. The molecule has 2 saturated heterocycles.